The lowest BCUT2D eigenvalue weighted by Gasteiger charge is -2.28. The molecule has 2 aromatic carbocycles. The van der Waals surface area contributed by atoms with Gasteiger partial charge in [-0.05, 0) is 30.8 Å². The molecule has 1 aliphatic rings. The highest BCUT2D eigenvalue weighted by molar-refractivity contribution is 8.00. The second-order valence-corrected chi connectivity index (χ2v) is 9.20. The van der Waals surface area contributed by atoms with E-state index in [-0.39, 0.29) is 11.5 Å². The predicted molar refractivity (Wildman–Crippen MR) is 126 cm³/mol. The molecule has 0 unspecified atom stereocenters. The first-order valence-electron chi connectivity index (χ1n) is 9.78. The van der Waals surface area contributed by atoms with Crippen LogP contribution in [0.25, 0.3) is 11.1 Å². The van der Waals surface area contributed by atoms with Gasteiger partial charge in [-0.2, -0.15) is 5.26 Å². The molecule has 1 aliphatic heterocycles. The summed E-state index contributed by atoms with van der Waals surface area (Å²) in [7, 11) is 2.05. The lowest BCUT2D eigenvalue weighted by Crippen LogP contribution is -2.28. The van der Waals surface area contributed by atoms with E-state index in [1.165, 1.54) is 11.8 Å². The van der Waals surface area contributed by atoms with Gasteiger partial charge in [0.1, 0.15) is 11.1 Å². The molecule has 3 aromatic rings. The van der Waals surface area contributed by atoms with Crippen molar-refractivity contribution in [3.8, 4) is 17.2 Å². The molecule has 0 amide bonds. The molecule has 1 aromatic heterocycles. The standard InChI is InChI=1S/C24H19Cl2N3OS/c1-29-10-9-21-19(13-29)23(17-7-2-3-8-20(17)26)18(12-27)24(28-21)31-14-22(30)15-5-4-6-16(25)11-15/h2-8,11H,9-10,13-14H2,1H3. The number of likely N-dealkylation sites (N-methyl/N-ethyl adjacent to an activating group) is 1. The molecule has 4 nitrogen and oxygen atoms in total. The van der Waals surface area contributed by atoms with Gasteiger partial charge in [0, 0.05) is 51.9 Å². The predicted octanol–water partition coefficient (Wildman–Crippen LogP) is 5.89. The quantitative estimate of drug-likeness (QED) is 0.345. The molecule has 0 fully saturated rings. The zero-order valence-corrected chi connectivity index (χ0v) is 19.2. The summed E-state index contributed by atoms with van der Waals surface area (Å²) in [6.07, 6.45) is 0.783. The Hall–Kier alpha value is -2.36. The third-order valence-electron chi connectivity index (χ3n) is 5.25. The average Bonchev–Trinajstić information content (AvgIpc) is 2.77. The number of aromatic nitrogens is 1. The normalized spacial score (nSPS) is 13.5. The molecule has 0 N–H and O–H groups in total. The van der Waals surface area contributed by atoms with Crippen LogP contribution in [0.4, 0.5) is 0 Å². The molecule has 0 saturated carbocycles. The molecule has 0 aliphatic carbocycles. The lowest BCUT2D eigenvalue weighted by molar-refractivity contribution is 0.102. The maximum Gasteiger partial charge on any atom is 0.173 e. The number of halogens is 2. The zero-order chi connectivity index (χ0) is 22.0. The first-order chi connectivity index (χ1) is 15.0. The van der Waals surface area contributed by atoms with Crippen molar-refractivity contribution in [1.29, 1.82) is 5.26 Å². The van der Waals surface area contributed by atoms with E-state index >= 15 is 0 Å². The van der Waals surface area contributed by atoms with Crippen molar-refractivity contribution in [3.63, 3.8) is 0 Å². The number of rotatable bonds is 5. The van der Waals surface area contributed by atoms with Gasteiger partial charge < -0.3 is 4.90 Å². The van der Waals surface area contributed by atoms with Gasteiger partial charge in [0.2, 0.25) is 0 Å². The summed E-state index contributed by atoms with van der Waals surface area (Å²) in [5.41, 5.74) is 4.64. The van der Waals surface area contributed by atoms with Gasteiger partial charge in [-0.25, -0.2) is 4.98 Å². The van der Waals surface area contributed by atoms with Gasteiger partial charge in [0.15, 0.2) is 5.78 Å². The Morgan fingerprint density at radius 1 is 1.23 bits per heavy atom. The van der Waals surface area contributed by atoms with Gasteiger partial charge in [-0.3, -0.25) is 4.79 Å². The number of nitrogens with zero attached hydrogens (tertiary/aromatic N) is 3. The van der Waals surface area contributed by atoms with E-state index in [9.17, 15) is 10.1 Å². The Kier molecular flexibility index (Phi) is 6.64. The fraction of sp³-hybridized carbons (Fsp3) is 0.208. The third-order valence-corrected chi connectivity index (χ3v) is 6.79. The van der Waals surface area contributed by atoms with Crippen LogP contribution in [-0.4, -0.2) is 35.0 Å². The van der Waals surface area contributed by atoms with E-state index < -0.39 is 0 Å². The van der Waals surface area contributed by atoms with Gasteiger partial charge in [0.05, 0.1) is 11.3 Å². The number of Topliss-reactive ketones (excluding diaryl/α,β-unsaturated/α-hetero) is 1. The van der Waals surface area contributed by atoms with E-state index in [4.69, 9.17) is 28.2 Å². The van der Waals surface area contributed by atoms with Crippen molar-refractivity contribution < 1.29 is 4.79 Å². The van der Waals surface area contributed by atoms with Crippen molar-refractivity contribution in [3.05, 3.63) is 81.0 Å². The molecule has 0 atom stereocenters. The van der Waals surface area contributed by atoms with Crippen molar-refractivity contribution in [2.45, 2.75) is 18.0 Å². The Bertz CT molecular complexity index is 1210. The van der Waals surface area contributed by atoms with E-state index in [0.717, 1.165) is 35.3 Å². The number of hydrogen-bond acceptors (Lipinski definition) is 5. The maximum atomic E-state index is 12.7. The van der Waals surface area contributed by atoms with E-state index in [1.807, 2.05) is 24.3 Å². The van der Waals surface area contributed by atoms with Crippen molar-refractivity contribution in [1.82, 2.24) is 9.88 Å². The molecule has 4 rings (SSSR count). The topological polar surface area (TPSA) is 57.0 Å². The highest BCUT2D eigenvalue weighted by atomic mass is 35.5. The number of nitriles is 1. The van der Waals surface area contributed by atoms with Crippen molar-refractivity contribution in [2.24, 2.45) is 0 Å². The van der Waals surface area contributed by atoms with Crippen molar-refractivity contribution in [2.75, 3.05) is 19.3 Å². The largest absolute Gasteiger partial charge is 0.302 e. The number of carbonyl (C=O) groups excluding carboxylic acids is 1. The Balaban J connectivity index is 1.77. The first-order valence-corrected chi connectivity index (χ1v) is 11.5. The fourth-order valence-electron chi connectivity index (χ4n) is 3.72. The summed E-state index contributed by atoms with van der Waals surface area (Å²) < 4.78 is 0. The van der Waals surface area contributed by atoms with Crippen LogP contribution in [0.3, 0.4) is 0 Å². The second kappa shape index (κ2) is 9.42. The monoisotopic (exact) mass is 467 g/mol. The average molecular weight is 468 g/mol. The van der Waals surface area contributed by atoms with Crippen LogP contribution in [0.2, 0.25) is 10.0 Å². The van der Waals surface area contributed by atoms with Crippen LogP contribution in [0, 0.1) is 11.3 Å². The lowest BCUT2D eigenvalue weighted by atomic mass is 9.92. The molecular formula is C24H19Cl2N3OS. The molecule has 0 bridgehead atoms. The molecule has 2 heterocycles. The molecule has 31 heavy (non-hydrogen) atoms. The third kappa shape index (κ3) is 4.63. The molecule has 156 valence electrons. The first kappa shape index (κ1) is 21.9. The number of hydrogen-bond donors (Lipinski definition) is 0. The summed E-state index contributed by atoms with van der Waals surface area (Å²) in [6.45, 7) is 1.59. The summed E-state index contributed by atoms with van der Waals surface area (Å²) in [5.74, 6) is 0.109. The van der Waals surface area contributed by atoms with Gasteiger partial charge in [-0.15, -0.1) is 0 Å². The van der Waals surface area contributed by atoms with Gasteiger partial charge in [-0.1, -0.05) is 65.3 Å². The summed E-state index contributed by atoms with van der Waals surface area (Å²) in [5, 5.41) is 11.7. The molecule has 7 heteroatoms. The number of benzene rings is 2. The van der Waals surface area contributed by atoms with Crippen LogP contribution in [0.5, 0.6) is 0 Å². The van der Waals surface area contributed by atoms with Crippen LogP contribution in [0.15, 0.2) is 53.6 Å². The minimum absolute atomic E-state index is 0.0602. The highest BCUT2D eigenvalue weighted by Gasteiger charge is 2.26. The zero-order valence-electron chi connectivity index (χ0n) is 16.9. The van der Waals surface area contributed by atoms with E-state index in [1.54, 1.807) is 24.3 Å². The fourth-order valence-corrected chi connectivity index (χ4v) is 5.04. The number of pyridine rings is 1. The summed E-state index contributed by atoms with van der Waals surface area (Å²) in [4.78, 5) is 19.7. The van der Waals surface area contributed by atoms with Crippen LogP contribution in [0.1, 0.15) is 27.2 Å². The van der Waals surface area contributed by atoms with Crippen LogP contribution >= 0.6 is 35.0 Å². The van der Waals surface area contributed by atoms with Gasteiger partial charge >= 0.3 is 0 Å². The molecule has 0 saturated heterocycles. The minimum atomic E-state index is -0.0602. The van der Waals surface area contributed by atoms with Crippen LogP contribution in [-0.2, 0) is 13.0 Å². The van der Waals surface area contributed by atoms with Crippen molar-refractivity contribution >= 4 is 40.7 Å². The van der Waals surface area contributed by atoms with E-state index in [2.05, 4.69) is 18.0 Å². The highest BCUT2D eigenvalue weighted by Crippen LogP contribution is 2.39. The molecule has 0 spiro atoms. The molecular weight excluding hydrogens is 449 g/mol. The SMILES string of the molecule is CN1CCc2nc(SCC(=O)c3cccc(Cl)c3)c(C#N)c(-c3ccccc3Cl)c2C1. The Morgan fingerprint density at radius 2 is 2.03 bits per heavy atom. The van der Waals surface area contributed by atoms with Gasteiger partial charge in [0.25, 0.3) is 0 Å². The van der Waals surface area contributed by atoms with Crippen LogP contribution < -0.4 is 0 Å². The Labute approximate surface area is 195 Å². The maximum absolute atomic E-state index is 12.7. The molecule has 0 radical (unpaired) electrons. The minimum Gasteiger partial charge on any atom is -0.302 e. The number of fused-ring (bicyclic) bond motifs is 1. The second-order valence-electron chi connectivity index (χ2n) is 7.39. The number of thioether (sulfide) groups is 1. The smallest absolute Gasteiger partial charge is 0.173 e. The van der Waals surface area contributed by atoms with E-state index in [0.29, 0.717) is 32.7 Å². The number of carbonyl (C=O) groups is 1. The summed E-state index contributed by atoms with van der Waals surface area (Å²) >= 11 is 13.8. The summed E-state index contributed by atoms with van der Waals surface area (Å²) in [6, 6.07) is 16.8. The number of ketones is 1. The Morgan fingerprint density at radius 3 is 2.77 bits per heavy atom.